The summed E-state index contributed by atoms with van der Waals surface area (Å²) in [5.74, 6) is -2.39. The molecule has 0 aliphatic carbocycles. The first kappa shape index (κ1) is 21.2. The Bertz CT molecular complexity index is 692. The first-order valence-electron chi connectivity index (χ1n) is 7.60. The lowest BCUT2D eigenvalue weighted by Crippen LogP contribution is -2.54. The van der Waals surface area contributed by atoms with Crippen molar-refractivity contribution in [1.29, 1.82) is 0 Å². The number of carbonyl (C=O) groups is 3. The van der Waals surface area contributed by atoms with Crippen LogP contribution in [-0.4, -0.2) is 51.1 Å². The third kappa shape index (κ3) is 6.20. The Balaban J connectivity index is 2.61. The molecule has 0 unspecified atom stereocenters. The number of aliphatic hydroxyl groups is 1. The smallest absolute Gasteiger partial charge is 0.269 e. The number of nitrogens with zero attached hydrogens (tertiary/aromatic N) is 1. The monoisotopic (exact) mass is 368 g/mol. The number of benzene rings is 1. The minimum Gasteiger partial charge on any atom is -0.391 e. The van der Waals surface area contributed by atoms with Gasteiger partial charge in [0.15, 0.2) is 0 Å². The molecule has 1 aromatic rings. The van der Waals surface area contributed by atoms with Crippen molar-refractivity contribution in [2.45, 2.75) is 38.5 Å². The molecule has 11 nitrogen and oxygen atoms in total. The molecule has 0 spiro atoms. The van der Waals surface area contributed by atoms with Crippen LogP contribution in [0, 0.1) is 10.1 Å². The van der Waals surface area contributed by atoms with E-state index < -0.39 is 40.8 Å². The highest BCUT2D eigenvalue weighted by Gasteiger charge is 2.26. The molecule has 1 aromatic carbocycles. The van der Waals surface area contributed by atoms with Gasteiger partial charge in [-0.05, 0) is 19.4 Å². The van der Waals surface area contributed by atoms with E-state index in [1.54, 1.807) is 5.48 Å². The van der Waals surface area contributed by atoms with Crippen LogP contribution in [0.15, 0.2) is 24.3 Å². The molecule has 0 heterocycles. The molecular formula is C15H20N4O7. The molecule has 0 radical (unpaired) electrons. The number of carbonyl (C=O) groups excluding carboxylic acids is 3. The molecule has 3 atom stereocenters. The third-order valence-electron chi connectivity index (χ3n) is 3.41. The highest BCUT2D eigenvalue weighted by atomic mass is 16.6. The van der Waals surface area contributed by atoms with Crippen molar-refractivity contribution in [3.05, 3.63) is 39.9 Å². The Labute approximate surface area is 148 Å². The zero-order chi connectivity index (χ0) is 19.9. The van der Waals surface area contributed by atoms with Crippen molar-refractivity contribution in [2.24, 2.45) is 0 Å². The van der Waals surface area contributed by atoms with Gasteiger partial charge in [0.05, 0.1) is 17.4 Å². The second-order valence-electron chi connectivity index (χ2n) is 5.59. The number of amides is 3. The summed E-state index contributed by atoms with van der Waals surface area (Å²) in [6, 6.07) is 3.00. The number of rotatable bonds is 8. The number of hydrogen-bond acceptors (Lipinski definition) is 8. The maximum atomic E-state index is 12.0. The average Bonchev–Trinajstić information content (AvgIpc) is 2.54. The summed E-state index contributed by atoms with van der Waals surface area (Å²) in [7, 11) is 0. The van der Waals surface area contributed by atoms with E-state index >= 15 is 0 Å². The normalized spacial score (nSPS) is 14.0. The predicted octanol–water partition coefficient (Wildman–Crippen LogP) is -0.987. The summed E-state index contributed by atoms with van der Waals surface area (Å²) < 4.78 is 0. The minimum absolute atomic E-state index is 0.160. The number of imide groups is 1. The molecule has 1 rings (SSSR count). The van der Waals surface area contributed by atoms with Gasteiger partial charge in [-0.1, -0.05) is 12.1 Å². The summed E-state index contributed by atoms with van der Waals surface area (Å²) in [5.41, 5.74) is 1.80. The highest BCUT2D eigenvalue weighted by molar-refractivity contribution is 6.01. The van der Waals surface area contributed by atoms with E-state index in [4.69, 9.17) is 5.21 Å². The zero-order valence-corrected chi connectivity index (χ0v) is 14.1. The lowest BCUT2D eigenvalue weighted by molar-refractivity contribution is -0.384. The highest BCUT2D eigenvalue weighted by Crippen LogP contribution is 2.13. The summed E-state index contributed by atoms with van der Waals surface area (Å²) in [5, 5.41) is 33.1. The van der Waals surface area contributed by atoms with E-state index in [-0.39, 0.29) is 12.1 Å². The van der Waals surface area contributed by atoms with E-state index in [0.717, 1.165) is 0 Å². The fraction of sp³-hybridized carbons (Fsp3) is 0.400. The number of nitrogens with one attached hydrogen (secondary N) is 3. The van der Waals surface area contributed by atoms with Gasteiger partial charge in [0, 0.05) is 12.1 Å². The molecule has 0 saturated carbocycles. The van der Waals surface area contributed by atoms with Crippen LogP contribution in [0.4, 0.5) is 5.69 Å². The molecule has 11 heteroatoms. The van der Waals surface area contributed by atoms with E-state index in [0.29, 0.717) is 5.56 Å². The molecule has 0 bridgehead atoms. The Morgan fingerprint density at radius 2 is 1.88 bits per heavy atom. The topological polar surface area (TPSA) is 171 Å². The summed E-state index contributed by atoms with van der Waals surface area (Å²) in [6.07, 6.45) is -1.45. The largest absolute Gasteiger partial charge is 0.391 e. The number of nitro benzene ring substituents is 1. The maximum absolute atomic E-state index is 12.0. The molecule has 3 amide bonds. The molecule has 0 saturated heterocycles. The SMILES string of the molecule is C[C@H](NC(=O)Cc1cccc([N+](=O)[O-])c1)C(=O)NC(=O)[C@H](NO)[C@H](C)O. The van der Waals surface area contributed by atoms with Crippen LogP contribution in [0.1, 0.15) is 19.4 Å². The van der Waals surface area contributed by atoms with Gasteiger partial charge < -0.3 is 15.6 Å². The Kier molecular flexibility index (Phi) is 7.77. The number of hydroxylamine groups is 1. The van der Waals surface area contributed by atoms with Crippen molar-refractivity contribution in [2.75, 3.05) is 0 Å². The van der Waals surface area contributed by atoms with Crippen LogP contribution < -0.4 is 16.1 Å². The third-order valence-corrected chi connectivity index (χ3v) is 3.41. The van der Waals surface area contributed by atoms with Gasteiger partial charge in [0.25, 0.3) is 5.69 Å². The van der Waals surface area contributed by atoms with Crippen LogP contribution in [0.3, 0.4) is 0 Å². The molecule has 26 heavy (non-hydrogen) atoms. The minimum atomic E-state index is -1.41. The van der Waals surface area contributed by atoms with Crippen LogP contribution in [0.25, 0.3) is 0 Å². The summed E-state index contributed by atoms with van der Waals surface area (Å²) in [4.78, 5) is 45.7. The van der Waals surface area contributed by atoms with E-state index in [1.807, 2.05) is 5.32 Å². The lowest BCUT2D eigenvalue weighted by Gasteiger charge is -2.19. The summed E-state index contributed by atoms with van der Waals surface area (Å²) >= 11 is 0. The first-order valence-corrected chi connectivity index (χ1v) is 7.60. The van der Waals surface area contributed by atoms with Gasteiger partial charge in [-0.3, -0.25) is 29.8 Å². The molecule has 142 valence electrons. The van der Waals surface area contributed by atoms with Crippen LogP contribution in [0.2, 0.25) is 0 Å². The van der Waals surface area contributed by atoms with Crippen molar-refractivity contribution in [3.63, 3.8) is 0 Å². The number of aliphatic hydroxyl groups excluding tert-OH is 1. The van der Waals surface area contributed by atoms with Crippen molar-refractivity contribution < 1.29 is 29.6 Å². The number of hydrogen-bond donors (Lipinski definition) is 5. The predicted molar refractivity (Wildman–Crippen MR) is 87.9 cm³/mol. The molecule has 0 aliphatic rings. The van der Waals surface area contributed by atoms with Crippen LogP contribution in [0.5, 0.6) is 0 Å². The second kappa shape index (κ2) is 9.56. The van der Waals surface area contributed by atoms with E-state index in [1.165, 1.54) is 38.1 Å². The van der Waals surface area contributed by atoms with Gasteiger partial charge in [-0.15, -0.1) is 0 Å². The quantitative estimate of drug-likeness (QED) is 0.287. The van der Waals surface area contributed by atoms with Gasteiger partial charge in [-0.2, -0.15) is 5.48 Å². The molecule has 5 N–H and O–H groups in total. The fourth-order valence-corrected chi connectivity index (χ4v) is 2.02. The van der Waals surface area contributed by atoms with Crippen LogP contribution in [-0.2, 0) is 20.8 Å². The summed E-state index contributed by atoms with van der Waals surface area (Å²) in [6.45, 7) is 2.57. The van der Waals surface area contributed by atoms with Gasteiger partial charge >= 0.3 is 0 Å². The van der Waals surface area contributed by atoms with Crippen molar-refractivity contribution in [3.8, 4) is 0 Å². The maximum Gasteiger partial charge on any atom is 0.269 e. The number of non-ortho nitro benzene ring substituents is 1. The Morgan fingerprint density at radius 3 is 2.42 bits per heavy atom. The number of nitro groups is 1. The molecule has 0 aliphatic heterocycles. The van der Waals surface area contributed by atoms with E-state index in [2.05, 4.69) is 5.32 Å². The van der Waals surface area contributed by atoms with Crippen molar-refractivity contribution >= 4 is 23.4 Å². The average molecular weight is 368 g/mol. The van der Waals surface area contributed by atoms with Crippen molar-refractivity contribution in [1.82, 2.24) is 16.1 Å². The molecule has 0 fully saturated rings. The van der Waals surface area contributed by atoms with Gasteiger partial charge in [0.1, 0.15) is 12.1 Å². The zero-order valence-electron chi connectivity index (χ0n) is 14.1. The van der Waals surface area contributed by atoms with E-state index in [9.17, 15) is 29.6 Å². The fourth-order valence-electron chi connectivity index (χ4n) is 2.02. The first-order chi connectivity index (χ1) is 12.1. The Morgan fingerprint density at radius 1 is 1.23 bits per heavy atom. The van der Waals surface area contributed by atoms with Crippen LogP contribution >= 0.6 is 0 Å². The second-order valence-corrected chi connectivity index (χ2v) is 5.59. The van der Waals surface area contributed by atoms with Gasteiger partial charge in [0.2, 0.25) is 17.7 Å². The molecular weight excluding hydrogens is 348 g/mol. The standard InChI is InChI=1S/C15H20N4O7/c1-8(14(22)17-15(23)13(18-24)9(2)20)16-12(21)7-10-4-3-5-11(6-10)19(25)26/h3-6,8-9,13,18,20,24H,7H2,1-2H3,(H,16,21)(H,17,22,23)/t8-,9-,13+/m0/s1. The Hall–Kier alpha value is -2.89. The lowest BCUT2D eigenvalue weighted by atomic mass is 10.1. The van der Waals surface area contributed by atoms with Gasteiger partial charge in [-0.25, -0.2) is 0 Å². The molecule has 0 aromatic heterocycles.